The third-order valence-electron chi connectivity index (χ3n) is 3.17. The standard InChI is InChI=1S/C17H15N3OS/c21-17(13-5-2-1-3-6-13)19-10-8-16-20-15(12-22-16)14-7-4-9-18-11-14/h1-7,9,11-12H,8,10H2,(H,19,21). The molecule has 0 aliphatic rings. The van der Waals surface area contributed by atoms with Gasteiger partial charge in [-0.2, -0.15) is 0 Å². The van der Waals surface area contributed by atoms with Crippen LogP contribution in [0.25, 0.3) is 11.3 Å². The molecule has 0 saturated heterocycles. The summed E-state index contributed by atoms with van der Waals surface area (Å²) >= 11 is 1.60. The predicted octanol–water partition coefficient (Wildman–Crippen LogP) is 3.18. The van der Waals surface area contributed by atoms with E-state index in [4.69, 9.17) is 0 Å². The molecule has 0 aliphatic carbocycles. The second kappa shape index (κ2) is 6.95. The summed E-state index contributed by atoms with van der Waals surface area (Å²) in [6.07, 6.45) is 4.27. The minimum atomic E-state index is -0.0513. The van der Waals surface area contributed by atoms with Gasteiger partial charge in [0.15, 0.2) is 0 Å². The second-order valence-electron chi connectivity index (χ2n) is 4.74. The molecule has 0 aliphatic heterocycles. The van der Waals surface area contributed by atoms with E-state index in [2.05, 4.69) is 15.3 Å². The van der Waals surface area contributed by atoms with Crippen molar-refractivity contribution in [3.05, 3.63) is 70.8 Å². The van der Waals surface area contributed by atoms with Gasteiger partial charge in [-0.1, -0.05) is 18.2 Å². The van der Waals surface area contributed by atoms with Gasteiger partial charge in [-0.05, 0) is 24.3 Å². The van der Waals surface area contributed by atoms with Crippen LogP contribution in [0.1, 0.15) is 15.4 Å². The van der Waals surface area contributed by atoms with Crippen molar-refractivity contribution in [2.75, 3.05) is 6.54 Å². The van der Waals surface area contributed by atoms with Crippen LogP contribution in [-0.2, 0) is 6.42 Å². The smallest absolute Gasteiger partial charge is 0.251 e. The number of aromatic nitrogens is 2. The molecule has 0 atom stereocenters. The molecule has 0 radical (unpaired) electrons. The van der Waals surface area contributed by atoms with Crippen LogP contribution >= 0.6 is 11.3 Å². The fourth-order valence-corrected chi connectivity index (χ4v) is 2.85. The number of amides is 1. The summed E-state index contributed by atoms with van der Waals surface area (Å²) in [4.78, 5) is 20.6. The Hall–Kier alpha value is -2.53. The zero-order valence-corrected chi connectivity index (χ0v) is 12.7. The largest absolute Gasteiger partial charge is 0.352 e. The molecule has 4 nitrogen and oxygen atoms in total. The fourth-order valence-electron chi connectivity index (χ4n) is 2.05. The van der Waals surface area contributed by atoms with E-state index in [1.165, 1.54) is 0 Å². The molecule has 0 bridgehead atoms. The highest BCUT2D eigenvalue weighted by molar-refractivity contribution is 7.09. The topological polar surface area (TPSA) is 54.9 Å². The molecule has 2 heterocycles. The van der Waals surface area contributed by atoms with Crippen LogP contribution in [0, 0.1) is 0 Å². The predicted molar refractivity (Wildman–Crippen MR) is 87.8 cm³/mol. The third-order valence-corrected chi connectivity index (χ3v) is 4.08. The molecule has 1 N–H and O–H groups in total. The summed E-state index contributed by atoms with van der Waals surface area (Å²) in [5.41, 5.74) is 2.62. The third kappa shape index (κ3) is 3.56. The first-order valence-corrected chi connectivity index (χ1v) is 7.89. The number of hydrogen-bond donors (Lipinski definition) is 1. The molecule has 22 heavy (non-hydrogen) atoms. The molecule has 3 rings (SSSR count). The summed E-state index contributed by atoms with van der Waals surface area (Å²) < 4.78 is 0. The van der Waals surface area contributed by atoms with Gasteiger partial charge in [-0.15, -0.1) is 11.3 Å². The van der Waals surface area contributed by atoms with Crippen LogP contribution in [0.2, 0.25) is 0 Å². The summed E-state index contributed by atoms with van der Waals surface area (Å²) in [6.45, 7) is 0.577. The maximum atomic E-state index is 11.9. The first kappa shape index (κ1) is 14.4. The highest BCUT2D eigenvalue weighted by Gasteiger charge is 2.06. The average molecular weight is 309 g/mol. The van der Waals surface area contributed by atoms with Crippen LogP contribution < -0.4 is 5.32 Å². The molecule has 110 valence electrons. The number of carbonyl (C=O) groups is 1. The van der Waals surface area contributed by atoms with E-state index in [0.717, 1.165) is 22.7 Å². The van der Waals surface area contributed by atoms with E-state index in [1.807, 2.05) is 35.7 Å². The van der Waals surface area contributed by atoms with Gasteiger partial charge in [-0.25, -0.2) is 4.98 Å². The molecule has 1 amide bonds. The fraction of sp³-hybridized carbons (Fsp3) is 0.118. The number of nitrogens with one attached hydrogen (secondary N) is 1. The minimum absolute atomic E-state index is 0.0513. The lowest BCUT2D eigenvalue weighted by atomic mass is 10.2. The highest BCUT2D eigenvalue weighted by atomic mass is 32.1. The zero-order valence-electron chi connectivity index (χ0n) is 11.9. The molecule has 5 heteroatoms. The number of pyridine rings is 1. The van der Waals surface area contributed by atoms with Crippen molar-refractivity contribution in [3.63, 3.8) is 0 Å². The SMILES string of the molecule is O=C(NCCc1nc(-c2cccnc2)cs1)c1ccccc1. The highest BCUT2D eigenvalue weighted by Crippen LogP contribution is 2.20. The van der Waals surface area contributed by atoms with Crippen molar-refractivity contribution in [2.24, 2.45) is 0 Å². The van der Waals surface area contributed by atoms with E-state index >= 15 is 0 Å². The Morgan fingerprint density at radius 2 is 2.00 bits per heavy atom. The number of benzene rings is 1. The van der Waals surface area contributed by atoms with E-state index in [1.54, 1.807) is 35.9 Å². The van der Waals surface area contributed by atoms with Crippen LogP contribution in [0.3, 0.4) is 0 Å². The molecule has 2 aromatic heterocycles. The molecule has 3 aromatic rings. The number of nitrogens with zero attached hydrogens (tertiary/aromatic N) is 2. The zero-order chi connectivity index (χ0) is 15.2. The second-order valence-corrected chi connectivity index (χ2v) is 5.68. The quantitative estimate of drug-likeness (QED) is 0.787. The summed E-state index contributed by atoms with van der Waals surface area (Å²) in [5, 5.41) is 5.94. The van der Waals surface area contributed by atoms with Crippen LogP contribution in [0.5, 0.6) is 0 Å². The Morgan fingerprint density at radius 3 is 2.77 bits per heavy atom. The van der Waals surface area contributed by atoms with Gasteiger partial charge in [0, 0.05) is 41.9 Å². The van der Waals surface area contributed by atoms with E-state index in [-0.39, 0.29) is 5.91 Å². The van der Waals surface area contributed by atoms with Gasteiger partial charge in [0.2, 0.25) is 0 Å². The number of thiazole rings is 1. The lowest BCUT2D eigenvalue weighted by molar-refractivity contribution is 0.0954. The van der Waals surface area contributed by atoms with E-state index in [0.29, 0.717) is 12.1 Å². The first-order chi connectivity index (χ1) is 10.8. The lowest BCUT2D eigenvalue weighted by Gasteiger charge is -2.03. The lowest BCUT2D eigenvalue weighted by Crippen LogP contribution is -2.25. The Labute approximate surface area is 132 Å². The van der Waals surface area contributed by atoms with Gasteiger partial charge in [0.25, 0.3) is 5.91 Å². The molecule has 1 aromatic carbocycles. The van der Waals surface area contributed by atoms with Crippen LogP contribution in [0.4, 0.5) is 0 Å². The summed E-state index contributed by atoms with van der Waals surface area (Å²) in [6, 6.07) is 13.1. The number of hydrogen-bond acceptors (Lipinski definition) is 4. The van der Waals surface area contributed by atoms with Crippen molar-refractivity contribution in [3.8, 4) is 11.3 Å². The Kier molecular flexibility index (Phi) is 4.56. The number of carbonyl (C=O) groups excluding carboxylic acids is 1. The van der Waals surface area contributed by atoms with Crippen LogP contribution in [-0.4, -0.2) is 22.4 Å². The maximum absolute atomic E-state index is 11.9. The van der Waals surface area contributed by atoms with Crippen molar-refractivity contribution < 1.29 is 4.79 Å². The Balaban J connectivity index is 1.55. The summed E-state index contributed by atoms with van der Waals surface area (Å²) in [5.74, 6) is -0.0513. The first-order valence-electron chi connectivity index (χ1n) is 7.01. The van der Waals surface area contributed by atoms with E-state index in [9.17, 15) is 4.79 Å². The van der Waals surface area contributed by atoms with E-state index < -0.39 is 0 Å². The summed E-state index contributed by atoms with van der Waals surface area (Å²) in [7, 11) is 0. The monoisotopic (exact) mass is 309 g/mol. The molecule has 0 fully saturated rings. The molecule has 0 unspecified atom stereocenters. The average Bonchev–Trinajstić information content (AvgIpc) is 3.05. The maximum Gasteiger partial charge on any atom is 0.251 e. The Morgan fingerprint density at radius 1 is 1.14 bits per heavy atom. The van der Waals surface area contributed by atoms with Crippen molar-refractivity contribution >= 4 is 17.2 Å². The molecule has 0 saturated carbocycles. The molecular weight excluding hydrogens is 294 g/mol. The van der Waals surface area contributed by atoms with Gasteiger partial charge in [0.05, 0.1) is 10.7 Å². The van der Waals surface area contributed by atoms with Gasteiger partial charge in [0.1, 0.15) is 0 Å². The van der Waals surface area contributed by atoms with Crippen molar-refractivity contribution in [1.29, 1.82) is 0 Å². The minimum Gasteiger partial charge on any atom is -0.352 e. The van der Waals surface area contributed by atoms with Crippen molar-refractivity contribution in [2.45, 2.75) is 6.42 Å². The Bertz CT molecular complexity index is 741. The molecule has 0 spiro atoms. The molecular formula is C17H15N3OS. The van der Waals surface area contributed by atoms with Gasteiger partial charge < -0.3 is 5.32 Å². The van der Waals surface area contributed by atoms with Crippen LogP contribution in [0.15, 0.2) is 60.2 Å². The normalized spacial score (nSPS) is 10.4. The van der Waals surface area contributed by atoms with Gasteiger partial charge in [-0.3, -0.25) is 9.78 Å². The van der Waals surface area contributed by atoms with Gasteiger partial charge >= 0.3 is 0 Å². The van der Waals surface area contributed by atoms with Crippen molar-refractivity contribution in [1.82, 2.24) is 15.3 Å². The number of rotatable bonds is 5.